The summed E-state index contributed by atoms with van der Waals surface area (Å²) in [6, 6.07) is -0.119. The molecule has 1 unspecified atom stereocenters. The molecule has 19 heavy (non-hydrogen) atoms. The molecule has 1 fully saturated rings. The van der Waals surface area contributed by atoms with E-state index in [4.69, 9.17) is 0 Å². The molecule has 2 N–H and O–H groups in total. The molecule has 3 heterocycles. The first-order valence-corrected chi connectivity index (χ1v) is 6.38. The molecule has 2 aliphatic heterocycles. The van der Waals surface area contributed by atoms with Crippen LogP contribution in [0.2, 0.25) is 0 Å². The Morgan fingerprint density at radius 3 is 2.74 bits per heavy atom. The van der Waals surface area contributed by atoms with Crippen LogP contribution in [0, 0.1) is 0 Å². The van der Waals surface area contributed by atoms with Crippen molar-refractivity contribution < 1.29 is 4.79 Å². The topological polar surface area (TPSA) is 73.9 Å². The number of rotatable bonds is 2. The van der Waals surface area contributed by atoms with E-state index in [-0.39, 0.29) is 24.4 Å². The first-order valence-electron chi connectivity index (χ1n) is 6.38. The Morgan fingerprint density at radius 2 is 2.16 bits per heavy atom. The van der Waals surface area contributed by atoms with E-state index in [1.807, 2.05) is 17.1 Å². The van der Waals surface area contributed by atoms with E-state index < -0.39 is 0 Å². The van der Waals surface area contributed by atoms with E-state index >= 15 is 0 Å². The van der Waals surface area contributed by atoms with Crippen LogP contribution < -0.4 is 5.32 Å². The van der Waals surface area contributed by atoms with Gasteiger partial charge in [0.1, 0.15) is 18.2 Å². The number of nitrogens with one attached hydrogen (secondary N) is 2. The highest BCUT2D eigenvalue weighted by Gasteiger charge is 2.29. The smallest absolute Gasteiger partial charge is 0.243 e. The normalized spacial score (nSPS) is 23.4. The summed E-state index contributed by atoms with van der Waals surface area (Å²) in [5.74, 6) is 1.55. The van der Waals surface area contributed by atoms with Gasteiger partial charge >= 0.3 is 0 Å². The third-order valence-corrected chi connectivity index (χ3v) is 3.68. The van der Waals surface area contributed by atoms with E-state index in [9.17, 15) is 4.79 Å². The zero-order chi connectivity index (χ0) is 12.4. The van der Waals surface area contributed by atoms with Crippen LogP contribution in [-0.2, 0) is 4.79 Å². The Hall–Kier alpha value is -1.40. The quantitative estimate of drug-likeness (QED) is 0.774. The number of nitrogens with zero attached hydrogens (tertiary/aromatic N) is 3. The van der Waals surface area contributed by atoms with Gasteiger partial charge in [-0.2, -0.15) is 5.10 Å². The van der Waals surface area contributed by atoms with Crippen molar-refractivity contribution in [2.24, 2.45) is 0 Å². The predicted molar refractivity (Wildman–Crippen MR) is 73.1 cm³/mol. The minimum Gasteiger partial charge on any atom is -0.341 e. The number of carbonyl (C=O) groups is 1. The van der Waals surface area contributed by atoms with Gasteiger partial charge < -0.3 is 4.90 Å². The number of carbonyl (C=O) groups excluding carboxylic acids is 1. The van der Waals surface area contributed by atoms with E-state index in [0.29, 0.717) is 5.92 Å². The fourth-order valence-electron chi connectivity index (χ4n) is 2.62. The average Bonchev–Trinajstić information content (AvgIpc) is 3.11. The summed E-state index contributed by atoms with van der Waals surface area (Å²) < 4.78 is 0. The zero-order valence-corrected chi connectivity index (χ0v) is 11.4. The summed E-state index contributed by atoms with van der Waals surface area (Å²) in [5, 5.41) is 9.96. The Labute approximate surface area is 118 Å². The molecule has 1 amide bonds. The number of hydrogen-bond acceptors (Lipinski definition) is 4. The third-order valence-electron chi connectivity index (χ3n) is 3.68. The number of piperidine rings is 1. The lowest BCUT2D eigenvalue weighted by molar-refractivity contribution is -0.133. The van der Waals surface area contributed by atoms with Crippen molar-refractivity contribution in [1.82, 2.24) is 25.4 Å². The van der Waals surface area contributed by atoms with Crippen LogP contribution in [0.1, 0.15) is 24.6 Å². The highest BCUT2D eigenvalue weighted by Crippen LogP contribution is 2.25. The zero-order valence-electron chi connectivity index (χ0n) is 10.6. The van der Waals surface area contributed by atoms with Crippen LogP contribution in [0.15, 0.2) is 18.5 Å². The Bertz CT molecular complexity index is 439. The highest BCUT2D eigenvalue weighted by molar-refractivity contribution is 5.85. The maximum absolute atomic E-state index is 12.2. The van der Waals surface area contributed by atoms with Gasteiger partial charge in [-0.1, -0.05) is 12.2 Å². The summed E-state index contributed by atoms with van der Waals surface area (Å²) in [7, 11) is 0. The minimum absolute atomic E-state index is 0. The SMILES string of the molecule is Cl.O=C(C1C=CCN1)N1CCC(c2ncn[nH]2)CC1. The van der Waals surface area contributed by atoms with Crippen LogP contribution in [0.4, 0.5) is 0 Å². The maximum Gasteiger partial charge on any atom is 0.243 e. The van der Waals surface area contributed by atoms with Crippen molar-refractivity contribution in [3.63, 3.8) is 0 Å². The molecule has 0 bridgehead atoms. The minimum atomic E-state index is -0.119. The molecule has 0 spiro atoms. The molecule has 0 saturated carbocycles. The molecule has 104 valence electrons. The summed E-state index contributed by atoms with van der Waals surface area (Å²) >= 11 is 0. The molecule has 1 aromatic heterocycles. The van der Waals surface area contributed by atoms with Gasteiger partial charge in [-0.25, -0.2) is 4.98 Å². The molecule has 2 aliphatic rings. The number of halogens is 1. The van der Waals surface area contributed by atoms with Gasteiger partial charge in [0.2, 0.25) is 5.91 Å². The largest absolute Gasteiger partial charge is 0.341 e. The van der Waals surface area contributed by atoms with Gasteiger partial charge in [-0.3, -0.25) is 15.2 Å². The number of H-pyrrole nitrogens is 1. The average molecular weight is 284 g/mol. The fourth-order valence-corrected chi connectivity index (χ4v) is 2.62. The number of likely N-dealkylation sites (tertiary alicyclic amines) is 1. The molecule has 3 rings (SSSR count). The number of amides is 1. The molecule has 1 saturated heterocycles. The lowest BCUT2D eigenvalue weighted by atomic mass is 9.96. The van der Waals surface area contributed by atoms with Crippen LogP contribution in [0.3, 0.4) is 0 Å². The van der Waals surface area contributed by atoms with Gasteiger partial charge in [0.05, 0.1) is 0 Å². The summed E-state index contributed by atoms with van der Waals surface area (Å²) in [6.45, 7) is 2.40. The van der Waals surface area contributed by atoms with E-state index in [0.717, 1.165) is 38.3 Å². The van der Waals surface area contributed by atoms with Crippen LogP contribution in [0.25, 0.3) is 0 Å². The molecular formula is C12H18ClN5O. The van der Waals surface area contributed by atoms with Gasteiger partial charge in [0.25, 0.3) is 0 Å². The molecule has 0 aliphatic carbocycles. The number of aromatic nitrogens is 3. The monoisotopic (exact) mass is 283 g/mol. The van der Waals surface area contributed by atoms with E-state index in [1.54, 1.807) is 6.33 Å². The van der Waals surface area contributed by atoms with Crippen molar-refractivity contribution in [2.45, 2.75) is 24.8 Å². The lowest BCUT2D eigenvalue weighted by Crippen LogP contribution is -2.46. The van der Waals surface area contributed by atoms with Crippen molar-refractivity contribution in [3.8, 4) is 0 Å². The number of aromatic amines is 1. The first-order chi connectivity index (χ1) is 8.84. The third kappa shape index (κ3) is 2.96. The van der Waals surface area contributed by atoms with Crippen molar-refractivity contribution >= 4 is 18.3 Å². The van der Waals surface area contributed by atoms with Gasteiger partial charge in [0, 0.05) is 25.6 Å². The van der Waals surface area contributed by atoms with Crippen molar-refractivity contribution in [3.05, 3.63) is 24.3 Å². The fraction of sp³-hybridized carbons (Fsp3) is 0.583. The maximum atomic E-state index is 12.2. The van der Waals surface area contributed by atoms with E-state index in [1.165, 1.54) is 0 Å². The second kappa shape index (κ2) is 6.16. The molecule has 6 nitrogen and oxygen atoms in total. The van der Waals surface area contributed by atoms with Gasteiger partial charge in [-0.05, 0) is 12.8 Å². The van der Waals surface area contributed by atoms with Crippen molar-refractivity contribution in [2.75, 3.05) is 19.6 Å². The second-order valence-corrected chi connectivity index (χ2v) is 4.78. The van der Waals surface area contributed by atoms with Gasteiger partial charge in [0.15, 0.2) is 0 Å². The molecule has 1 atom stereocenters. The molecule has 0 aromatic carbocycles. The van der Waals surface area contributed by atoms with Crippen LogP contribution in [-0.4, -0.2) is 51.7 Å². The van der Waals surface area contributed by atoms with Gasteiger partial charge in [-0.15, -0.1) is 12.4 Å². The standard InChI is InChI=1S/C12H17N5O.ClH/c18-12(10-2-1-5-13-10)17-6-3-9(4-7-17)11-14-8-15-16-11;/h1-2,8-10,13H,3-7H2,(H,14,15,16);1H. The Kier molecular flexibility index (Phi) is 4.55. The Balaban J connectivity index is 0.00000133. The molecule has 1 aromatic rings. The highest BCUT2D eigenvalue weighted by atomic mass is 35.5. The molecule has 0 radical (unpaired) electrons. The summed E-state index contributed by atoms with van der Waals surface area (Å²) in [6.07, 6.45) is 7.41. The lowest BCUT2D eigenvalue weighted by Gasteiger charge is -2.32. The van der Waals surface area contributed by atoms with Crippen LogP contribution >= 0.6 is 12.4 Å². The summed E-state index contributed by atoms with van der Waals surface area (Å²) in [4.78, 5) is 18.3. The Morgan fingerprint density at radius 1 is 1.37 bits per heavy atom. The molecular weight excluding hydrogens is 266 g/mol. The number of hydrogen-bond donors (Lipinski definition) is 2. The van der Waals surface area contributed by atoms with E-state index in [2.05, 4.69) is 20.5 Å². The first kappa shape index (κ1) is 14.0. The van der Waals surface area contributed by atoms with Crippen molar-refractivity contribution in [1.29, 1.82) is 0 Å². The molecule has 7 heteroatoms. The summed E-state index contributed by atoms with van der Waals surface area (Å²) in [5.41, 5.74) is 0. The predicted octanol–water partition coefficient (Wildman–Crippen LogP) is 0.460. The van der Waals surface area contributed by atoms with Crippen LogP contribution in [0.5, 0.6) is 0 Å². The second-order valence-electron chi connectivity index (χ2n) is 4.78.